The van der Waals surface area contributed by atoms with Crippen molar-refractivity contribution in [3.8, 4) is 0 Å². The molecule has 1 atom stereocenters. The van der Waals surface area contributed by atoms with Crippen LogP contribution < -0.4 is 0 Å². The molecule has 0 aliphatic carbocycles. The summed E-state index contributed by atoms with van der Waals surface area (Å²) in [5, 5.41) is 10.2. The van der Waals surface area contributed by atoms with Crippen molar-refractivity contribution < 1.29 is 14.3 Å². The Morgan fingerprint density at radius 3 is 2.61 bits per heavy atom. The number of rotatable bonds is 4. The van der Waals surface area contributed by atoms with Gasteiger partial charge in [0.25, 0.3) is 0 Å². The van der Waals surface area contributed by atoms with Crippen molar-refractivity contribution in [2.24, 2.45) is 0 Å². The number of carbonyl (C=O) groups excluding carboxylic acids is 1. The van der Waals surface area contributed by atoms with E-state index in [4.69, 9.17) is 4.42 Å². The van der Waals surface area contributed by atoms with E-state index in [0.717, 1.165) is 17.1 Å². The molecule has 2 aromatic rings. The van der Waals surface area contributed by atoms with E-state index in [2.05, 4.69) is 0 Å². The van der Waals surface area contributed by atoms with Crippen molar-refractivity contribution in [3.05, 3.63) is 59.5 Å². The molecule has 0 spiro atoms. The second kappa shape index (κ2) is 6.98. The molecule has 0 radical (unpaired) electrons. The number of aliphatic hydroxyl groups is 1. The van der Waals surface area contributed by atoms with Crippen LogP contribution in [0.1, 0.15) is 17.1 Å². The van der Waals surface area contributed by atoms with Gasteiger partial charge in [-0.25, -0.2) is 0 Å². The van der Waals surface area contributed by atoms with Crippen LogP contribution in [-0.4, -0.2) is 46.6 Å². The fourth-order valence-corrected chi connectivity index (χ4v) is 2.94. The fourth-order valence-electron chi connectivity index (χ4n) is 2.94. The van der Waals surface area contributed by atoms with E-state index in [-0.39, 0.29) is 5.91 Å². The number of aliphatic hydroxyl groups excluding tert-OH is 1. The molecule has 0 saturated carbocycles. The lowest BCUT2D eigenvalue weighted by molar-refractivity contribution is -0.132. The highest BCUT2D eigenvalue weighted by Crippen LogP contribution is 2.14. The number of β-amino-alcohol motifs (C(OH)–C–C–N with tert-alkyl or cyclic N) is 1. The molecule has 2 heterocycles. The van der Waals surface area contributed by atoms with E-state index in [9.17, 15) is 9.90 Å². The Hall–Kier alpha value is -2.11. The third-order valence-corrected chi connectivity index (χ3v) is 4.00. The zero-order chi connectivity index (χ0) is 16.2. The van der Waals surface area contributed by atoms with Gasteiger partial charge in [0.2, 0.25) is 5.91 Å². The molecule has 1 aliphatic rings. The molecule has 0 unspecified atom stereocenters. The van der Waals surface area contributed by atoms with Crippen molar-refractivity contribution in [2.75, 3.05) is 19.6 Å². The van der Waals surface area contributed by atoms with Gasteiger partial charge in [0.05, 0.1) is 19.2 Å². The van der Waals surface area contributed by atoms with Crippen LogP contribution in [0, 0.1) is 6.92 Å². The molecule has 5 nitrogen and oxygen atoms in total. The molecule has 1 aliphatic heterocycles. The van der Waals surface area contributed by atoms with E-state index >= 15 is 0 Å². The lowest BCUT2D eigenvalue weighted by Crippen LogP contribution is -2.36. The Morgan fingerprint density at radius 2 is 1.91 bits per heavy atom. The summed E-state index contributed by atoms with van der Waals surface area (Å²) in [7, 11) is 0. The predicted molar refractivity (Wildman–Crippen MR) is 86.6 cm³/mol. The first kappa shape index (κ1) is 15.8. The summed E-state index contributed by atoms with van der Waals surface area (Å²) >= 11 is 0. The third kappa shape index (κ3) is 4.21. The Morgan fingerprint density at radius 1 is 1.13 bits per heavy atom. The summed E-state index contributed by atoms with van der Waals surface area (Å²) in [6.07, 6.45) is -0.554. The molecule has 1 aromatic carbocycles. The Labute approximate surface area is 136 Å². The lowest BCUT2D eigenvalue weighted by atomic mass is 10.2. The highest BCUT2D eigenvalue weighted by molar-refractivity contribution is 5.78. The number of carbonyl (C=O) groups is 1. The van der Waals surface area contributed by atoms with Gasteiger partial charge in [-0.15, -0.1) is 0 Å². The average Bonchev–Trinajstić information content (AvgIpc) is 2.86. The van der Waals surface area contributed by atoms with Crippen molar-refractivity contribution >= 4 is 5.91 Å². The Bertz CT molecular complexity index is 653. The van der Waals surface area contributed by atoms with Crippen LogP contribution in [-0.2, 0) is 17.9 Å². The molecule has 1 N–H and O–H groups in total. The quantitative estimate of drug-likeness (QED) is 0.935. The van der Waals surface area contributed by atoms with Crippen molar-refractivity contribution in [3.63, 3.8) is 0 Å². The number of benzene rings is 1. The first-order valence-corrected chi connectivity index (χ1v) is 7.87. The second-order valence-corrected chi connectivity index (χ2v) is 6.10. The van der Waals surface area contributed by atoms with Gasteiger partial charge in [-0.05, 0) is 24.6 Å². The molecular formula is C18H22N2O3. The molecule has 3 rings (SSSR count). The summed E-state index contributed by atoms with van der Waals surface area (Å²) < 4.78 is 5.57. The smallest absolute Gasteiger partial charge is 0.237 e. The van der Waals surface area contributed by atoms with E-state index in [1.165, 1.54) is 0 Å². The largest absolute Gasteiger partial charge is 0.465 e. The zero-order valence-corrected chi connectivity index (χ0v) is 13.3. The number of nitrogens with zero attached hydrogens (tertiary/aromatic N) is 2. The maximum Gasteiger partial charge on any atom is 0.237 e. The summed E-state index contributed by atoms with van der Waals surface area (Å²) in [4.78, 5) is 16.2. The number of hydrogen-bond donors (Lipinski definition) is 1. The normalized spacial score (nSPS) is 19.8. The van der Waals surface area contributed by atoms with E-state index in [1.54, 1.807) is 4.90 Å². The molecule has 1 amide bonds. The molecule has 1 saturated heterocycles. The first-order chi connectivity index (χ1) is 11.1. The van der Waals surface area contributed by atoms with Crippen LogP contribution in [0.5, 0.6) is 0 Å². The zero-order valence-electron chi connectivity index (χ0n) is 13.3. The Kier molecular flexibility index (Phi) is 4.79. The summed E-state index contributed by atoms with van der Waals surface area (Å²) in [5.74, 6) is 1.71. The SMILES string of the molecule is Cc1ccc(CN2CC(=O)N(Cc3ccccc3)C[C@@H](O)C2)o1. The fraction of sp³-hybridized carbons (Fsp3) is 0.389. The minimum Gasteiger partial charge on any atom is -0.465 e. The monoisotopic (exact) mass is 314 g/mol. The van der Waals surface area contributed by atoms with Gasteiger partial charge >= 0.3 is 0 Å². The van der Waals surface area contributed by atoms with Crippen molar-refractivity contribution in [2.45, 2.75) is 26.1 Å². The minimum absolute atomic E-state index is 0.0358. The number of aryl methyl sites for hydroxylation is 1. The standard InChI is InChI=1S/C18H22N2O3/c1-14-7-8-17(23-14)12-19-10-16(21)11-20(18(22)13-19)9-15-5-3-2-4-6-15/h2-8,16,21H,9-13H2,1H3/t16-/m0/s1. The maximum absolute atomic E-state index is 12.5. The molecule has 122 valence electrons. The first-order valence-electron chi connectivity index (χ1n) is 7.87. The van der Waals surface area contributed by atoms with Gasteiger partial charge in [-0.3, -0.25) is 9.69 Å². The van der Waals surface area contributed by atoms with Gasteiger partial charge in [0, 0.05) is 19.6 Å². The third-order valence-electron chi connectivity index (χ3n) is 4.00. The van der Waals surface area contributed by atoms with Crippen LogP contribution >= 0.6 is 0 Å². The van der Waals surface area contributed by atoms with Gasteiger partial charge in [-0.1, -0.05) is 30.3 Å². The number of amides is 1. The number of hydrogen-bond acceptors (Lipinski definition) is 4. The topological polar surface area (TPSA) is 56.9 Å². The summed E-state index contributed by atoms with van der Waals surface area (Å²) in [6, 6.07) is 13.7. The highest BCUT2D eigenvalue weighted by atomic mass is 16.3. The molecule has 1 fully saturated rings. The predicted octanol–water partition coefficient (Wildman–Crippen LogP) is 1.79. The maximum atomic E-state index is 12.5. The van der Waals surface area contributed by atoms with Gasteiger partial charge < -0.3 is 14.4 Å². The van der Waals surface area contributed by atoms with E-state index in [0.29, 0.717) is 32.7 Å². The van der Waals surface area contributed by atoms with Crippen LogP contribution in [0.4, 0.5) is 0 Å². The minimum atomic E-state index is -0.554. The van der Waals surface area contributed by atoms with Crippen LogP contribution in [0.3, 0.4) is 0 Å². The lowest BCUT2D eigenvalue weighted by Gasteiger charge is -2.22. The van der Waals surface area contributed by atoms with Crippen LogP contribution in [0.2, 0.25) is 0 Å². The summed E-state index contributed by atoms with van der Waals surface area (Å²) in [5.41, 5.74) is 1.07. The van der Waals surface area contributed by atoms with Crippen molar-refractivity contribution in [1.82, 2.24) is 9.80 Å². The Balaban J connectivity index is 1.66. The highest BCUT2D eigenvalue weighted by Gasteiger charge is 2.27. The summed E-state index contributed by atoms with van der Waals surface area (Å²) in [6.45, 7) is 4.09. The number of furan rings is 1. The van der Waals surface area contributed by atoms with Gasteiger partial charge in [0.1, 0.15) is 11.5 Å². The van der Waals surface area contributed by atoms with E-state index < -0.39 is 6.10 Å². The van der Waals surface area contributed by atoms with Crippen molar-refractivity contribution in [1.29, 1.82) is 0 Å². The second-order valence-electron chi connectivity index (χ2n) is 6.10. The van der Waals surface area contributed by atoms with Crippen LogP contribution in [0.15, 0.2) is 46.9 Å². The molecular weight excluding hydrogens is 292 g/mol. The van der Waals surface area contributed by atoms with E-state index in [1.807, 2.05) is 54.3 Å². The van der Waals surface area contributed by atoms with Crippen LogP contribution in [0.25, 0.3) is 0 Å². The average molecular weight is 314 g/mol. The molecule has 23 heavy (non-hydrogen) atoms. The molecule has 0 bridgehead atoms. The van der Waals surface area contributed by atoms with Gasteiger partial charge in [-0.2, -0.15) is 0 Å². The molecule has 5 heteroatoms. The van der Waals surface area contributed by atoms with Gasteiger partial charge in [0.15, 0.2) is 0 Å². The molecule has 1 aromatic heterocycles.